The van der Waals surface area contributed by atoms with Gasteiger partial charge in [0.15, 0.2) is 0 Å². The van der Waals surface area contributed by atoms with Crippen molar-refractivity contribution in [2.24, 2.45) is 0 Å². The van der Waals surface area contributed by atoms with E-state index >= 15 is 0 Å². The molecule has 0 unspecified atom stereocenters. The minimum atomic E-state index is -3.58. The number of carbonyl (C=O) groups excluding carboxylic acids is 1. The fourth-order valence-electron chi connectivity index (χ4n) is 1.52. The molecule has 6 heteroatoms. The van der Waals surface area contributed by atoms with Crippen molar-refractivity contribution in [1.29, 1.82) is 0 Å². The summed E-state index contributed by atoms with van der Waals surface area (Å²) in [5, 5.41) is -2.92. The number of thioether (sulfide) groups is 1. The van der Waals surface area contributed by atoms with Crippen molar-refractivity contribution < 1.29 is 18.3 Å². The lowest BCUT2D eigenvalue weighted by atomic mass is 10.2. The lowest BCUT2D eigenvalue weighted by Crippen LogP contribution is -2.26. The van der Waals surface area contributed by atoms with E-state index in [0.29, 0.717) is 10.3 Å². The Bertz CT molecular complexity index is 568. The van der Waals surface area contributed by atoms with Gasteiger partial charge in [-0.05, 0) is 24.8 Å². The van der Waals surface area contributed by atoms with Gasteiger partial charge < -0.3 is 9.72 Å². The molecular weight excluding hydrogens is 260 g/mol. The zero-order valence-corrected chi connectivity index (χ0v) is 10.4. The van der Waals surface area contributed by atoms with Crippen molar-refractivity contribution in [2.45, 2.75) is 17.1 Å². The lowest BCUT2D eigenvalue weighted by molar-refractivity contribution is -0.159. The summed E-state index contributed by atoms with van der Waals surface area (Å²) in [4.78, 5) is 14.3. The van der Waals surface area contributed by atoms with Gasteiger partial charge in [0.2, 0.25) is 0 Å². The van der Waals surface area contributed by atoms with Crippen LogP contribution in [0.25, 0.3) is 10.9 Å². The van der Waals surface area contributed by atoms with Gasteiger partial charge in [-0.25, -0.2) is 4.79 Å². The highest BCUT2D eigenvalue weighted by molar-refractivity contribution is 8.01. The fraction of sp³-hybridized carbons (Fsp3) is 0.250. The number of ether oxygens (including phenoxy) is 1. The van der Waals surface area contributed by atoms with Gasteiger partial charge >= 0.3 is 11.2 Å². The van der Waals surface area contributed by atoms with Crippen LogP contribution in [-0.4, -0.2) is 22.8 Å². The molecule has 3 nitrogen and oxygen atoms in total. The number of hydrogen-bond donors (Lipinski definition) is 1. The second kappa shape index (κ2) is 4.97. The Morgan fingerprint density at radius 2 is 2.17 bits per heavy atom. The van der Waals surface area contributed by atoms with E-state index in [4.69, 9.17) is 0 Å². The molecular formula is C12H11F2NO2S. The molecule has 0 bridgehead atoms. The highest BCUT2D eigenvalue weighted by Crippen LogP contribution is 2.40. The maximum absolute atomic E-state index is 13.6. The van der Waals surface area contributed by atoms with Crippen molar-refractivity contribution in [2.75, 3.05) is 6.61 Å². The summed E-state index contributed by atoms with van der Waals surface area (Å²) in [6, 6.07) is 7.05. The number of para-hydroxylation sites is 1. The first-order chi connectivity index (χ1) is 8.54. The molecule has 96 valence electrons. The van der Waals surface area contributed by atoms with Crippen LogP contribution in [-0.2, 0) is 9.53 Å². The highest BCUT2D eigenvalue weighted by Gasteiger charge is 2.42. The minimum Gasteiger partial charge on any atom is -0.461 e. The van der Waals surface area contributed by atoms with Gasteiger partial charge in [-0.1, -0.05) is 18.2 Å². The van der Waals surface area contributed by atoms with Crippen molar-refractivity contribution in [1.82, 2.24) is 4.98 Å². The number of carbonyl (C=O) groups is 1. The smallest absolute Gasteiger partial charge is 0.393 e. The van der Waals surface area contributed by atoms with Gasteiger partial charge in [0, 0.05) is 22.0 Å². The molecule has 0 aliphatic rings. The van der Waals surface area contributed by atoms with Crippen molar-refractivity contribution in [3.05, 3.63) is 30.5 Å². The van der Waals surface area contributed by atoms with Gasteiger partial charge in [-0.2, -0.15) is 8.78 Å². The first kappa shape index (κ1) is 12.9. The molecule has 0 saturated heterocycles. The molecule has 1 heterocycles. The quantitative estimate of drug-likeness (QED) is 0.684. The van der Waals surface area contributed by atoms with Crippen LogP contribution in [0.5, 0.6) is 0 Å². The number of esters is 1. The Hall–Kier alpha value is -1.56. The van der Waals surface area contributed by atoms with E-state index in [9.17, 15) is 13.6 Å². The Morgan fingerprint density at radius 3 is 2.89 bits per heavy atom. The molecule has 0 spiro atoms. The number of benzene rings is 1. The monoisotopic (exact) mass is 271 g/mol. The maximum atomic E-state index is 13.6. The number of aromatic amines is 1. The van der Waals surface area contributed by atoms with Gasteiger partial charge in [-0.3, -0.25) is 0 Å². The Kier molecular flexibility index (Phi) is 3.56. The zero-order chi connectivity index (χ0) is 13.2. The fourth-order valence-corrected chi connectivity index (χ4v) is 2.35. The van der Waals surface area contributed by atoms with E-state index in [2.05, 4.69) is 9.72 Å². The van der Waals surface area contributed by atoms with Crippen LogP contribution in [0.3, 0.4) is 0 Å². The van der Waals surface area contributed by atoms with E-state index in [1.165, 1.54) is 13.1 Å². The number of fused-ring (bicyclic) bond motifs is 1. The SMILES string of the molecule is CCOC(=O)C(F)(F)Sc1c[nH]c2ccccc12. The minimum absolute atomic E-state index is 0.0666. The standard InChI is InChI=1S/C12H11F2NO2S/c1-2-17-11(16)12(13,14)18-10-7-15-9-6-4-3-5-8(9)10/h3-7,15H,2H2,1H3. The number of alkyl halides is 2. The molecule has 1 N–H and O–H groups in total. The molecule has 0 aliphatic heterocycles. The van der Waals surface area contributed by atoms with Crippen molar-refractivity contribution >= 4 is 28.6 Å². The van der Waals surface area contributed by atoms with Crippen molar-refractivity contribution in [3.63, 3.8) is 0 Å². The average molecular weight is 271 g/mol. The number of aromatic nitrogens is 1. The molecule has 0 radical (unpaired) electrons. The van der Waals surface area contributed by atoms with Gasteiger partial charge in [0.1, 0.15) is 0 Å². The first-order valence-corrected chi connectivity index (χ1v) is 6.16. The summed E-state index contributed by atoms with van der Waals surface area (Å²) in [6.45, 7) is 1.42. The van der Waals surface area contributed by atoms with Crippen LogP contribution < -0.4 is 0 Å². The number of rotatable bonds is 4. The molecule has 2 aromatic rings. The highest BCUT2D eigenvalue weighted by atomic mass is 32.2. The molecule has 0 aliphatic carbocycles. The van der Waals surface area contributed by atoms with Crippen LogP contribution in [0.4, 0.5) is 8.78 Å². The van der Waals surface area contributed by atoms with E-state index in [1.54, 1.807) is 24.3 Å². The van der Waals surface area contributed by atoms with Crippen LogP contribution in [0.2, 0.25) is 0 Å². The predicted octanol–water partition coefficient (Wildman–Crippen LogP) is 3.42. The summed E-state index contributed by atoms with van der Waals surface area (Å²) in [5.74, 6) is -1.51. The molecule has 0 saturated carbocycles. The number of nitrogens with one attached hydrogen (secondary N) is 1. The van der Waals surface area contributed by atoms with E-state index in [-0.39, 0.29) is 18.4 Å². The average Bonchev–Trinajstić information content (AvgIpc) is 2.73. The van der Waals surface area contributed by atoms with Crippen LogP contribution in [0.15, 0.2) is 35.4 Å². The Labute approximate surface area is 107 Å². The van der Waals surface area contributed by atoms with Crippen LogP contribution in [0.1, 0.15) is 6.92 Å². The maximum Gasteiger partial charge on any atom is 0.393 e. The molecule has 18 heavy (non-hydrogen) atoms. The summed E-state index contributed by atoms with van der Waals surface area (Å²) in [7, 11) is 0. The third kappa shape index (κ3) is 2.48. The second-order valence-corrected chi connectivity index (χ2v) is 4.69. The largest absolute Gasteiger partial charge is 0.461 e. The topological polar surface area (TPSA) is 42.1 Å². The molecule has 0 amide bonds. The zero-order valence-electron chi connectivity index (χ0n) is 9.57. The van der Waals surface area contributed by atoms with Gasteiger partial charge in [0.25, 0.3) is 0 Å². The predicted molar refractivity (Wildman–Crippen MR) is 65.7 cm³/mol. The van der Waals surface area contributed by atoms with Crippen LogP contribution >= 0.6 is 11.8 Å². The summed E-state index contributed by atoms with van der Waals surface area (Å²) < 4.78 is 31.5. The number of H-pyrrole nitrogens is 1. The molecule has 0 atom stereocenters. The van der Waals surface area contributed by atoms with Crippen LogP contribution in [0, 0.1) is 0 Å². The normalized spacial score (nSPS) is 11.7. The van der Waals surface area contributed by atoms with Gasteiger partial charge in [-0.15, -0.1) is 0 Å². The third-order valence-electron chi connectivity index (χ3n) is 2.30. The van der Waals surface area contributed by atoms with E-state index in [1.807, 2.05) is 0 Å². The molecule has 1 aromatic heterocycles. The lowest BCUT2D eigenvalue weighted by Gasteiger charge is -2.13. The molecule has 1 aromatic carbocycles. The van der Waals surface area contributed by atoms with E-state index < -0.39 is 11.2 Å². The van der Waals surface area contributed by atoms with Crippen molar-refractivity contribution in [3.8, 4) is 0 Å². The Balaban J connectivity index is 2.25. The first-order valence-electron chi connectivity index (χ1n) is 5.34. The van der Waals surface area contributed by atoms with E-state index in [0.717, 1.165) is 5.52 Å². The molecule has 0 fully saturated rings. The number of hydrogen-bond acceptors (Lipinski definition) is 3. The number of halogens is 2. The molecule has 2 rings (SSSR count). The Morgan fingerprint density at radius 1 is 1.44 bits per heavy atom. The summed E-state index contributed by atoms with van der Waals surface area (Å²) in [6.07, 6.45) is 1.46. The third-order valence-corrected chi connectivity index (χ3v) is 3.28. The summed E-state index contributed by atoms with van der Waals surface area (Å²) >= 11 is 0.191. The summed E-state index contributed by atoms with van der Waals surface area (Å²) in [5.41, 5.74) is 0.750. The second-order valence-electron chi connectivity index (χ2n) is 3.54. The van der Waals surface area contributed by atoms with Gasteiger partial charge in [0.05, 0.1) is 6.61 Å².